The zero-order chi connectivity index (χ0) is 17.6. The Morgan fingerprint density at radius 3 is 1.28 bits per heavy atom. The zero-order valence-corrected chi connectivity index (χ0v) is 21.0. The molecule has 0 aliphatic rings. The summed E-state index contributed by atoms with van der Waals surface area (Å²) in [6, 6.07) is 0. The fourth-order valence-corrected chi connectivity index (χ4v) is 3.01. The van der Waals surface area contributed by atoms with Crippen LogP contribution in [-0.2, 0) is 9.59 Å². The molecule has 0 aliphatic carbocycles. The summed E-state index contributed by atoms with van der Waals surface area (Å²) < 4.78 is 0. The van der Waals surface area contributed by atoms with Crippen molar-refractivity contribution in [2.75, 3.05) is 0 Å². The van der Waals surface area contributed by atoms with E-state index in [-0.39, 0.29) is 72.0 Å². The average molecular weight is 372 g/mol. The topological polar surface area (TPSA) is 80.3 Å². The molecular weight excluding hydrogens is 338 g/mol. The van der Waals surface area contributed by atoms with E-state index in [0.29, 0.717) is 12.8 Å². The molecule has 136 valence electrons. The first kappa shape index (κ1) is 30.7. The van der Waals surface area contributed by atoms with Crippen molar-refractivity contribution in [3.8, 4) is 0 Å². The van der Waals surface area contributed by atoms with Crippen molar-refractivity contribution < 1.29 is 78.9 Å². The molecule has 0 atom stereocenters. The predicted molar refractivity (Wildman–Crippen MR) is 88.4 cm³/mol. The van der Waals surface area contributed by atoms with Gasteiger partial charge in [0, 0.05) is 5.41 Å². The Morgan fingerprint density at radius 2 is 0.920 bits per heavy atom. The number of hydrogen-bond acceptors (Lipinski definition) is 4. The summed E-state index contributed by atoms with van der Waals surface area (Å²) in [4.78, 5) is 22.7. The van der Waals surface area contributed by atoms with Gasteiger partial charge in [0.05, 0.1) is 11.9 Å². The van der Waals surface area contributed by atoms with E-state index >= 15 is 0 Å². The summed E-state index contributed by atoms with van der Waals surface area (Å²) in [5.74, 6) is -2.97. The third kappa shape index (κ3) is 13.7. The van der Waals surface area contributed by atoms with Crippen LogP contribution in [-0.4, -0.2) is 11.9 Å². The fraction of sp³-hybridized carbons (Fsp3) is 0.895. The molecule has 0 fully saturated rings. The molecule has 0 saturated heterocycles. The van der Waals surface area contributed by atoms with E-state index in [1.54, 1.807) is 0 Å². The summed E-state index contributed by atoms with van der Waals surface area (Å²) >= 11 is 0. The van der Waals surface area contributed by atoms with E-state index in [2.05, 4.69) is 6.92 Å². The average Bonchev–Trinajstić information content (AvgIpc) is 2.51. The molecule has 0 amide bonds. The van der Waals surface area contributed by atoms with Gasteiger partial charge in [0.2, 0.25) is 0 Å². The van der Waals surface area contributed by atoms with Gasteiger partial charge in [-0.1, -0.05) is 90.9 Å². The summed E-state index contributed by atoms with van der Waals surface area (Å²) in [5, 5.41) is 22.7. The minimum atomic E-state index is -1.80. The van der Waals surface area contributed by atoms with Gasteiger partial charge in [0.1, 0.15) is 0 Å². The molecule has 0 bridgehead atoms. The molecule has 0 radical (unpaired) electrons. The van der Waals surface area contributed by atoms with Crippen molar-refractivity contribution >= 4 is 11.9 Å². The van der Waals surface area contributed by atoms with E-state index in [1.165, 1.54) is 38.5 Å². The molecule has 0 heterocycles. The second kappa shape index (κ2) is 19.7. The Labute approximate surface area is 198 Å². The number of unbranched alkanes of at least 4 members (excludes halogenated alkanes) is 10. The van der Waals surface area contributed by atoms with Crippen molar-refractivity contribution in [3.05, 3.63) is 0 Å². The number of carboxylic acid groups (broad SMARTS) is 2. The van der Waals surface area contributed by atoms with E-state index < -0.39 is 17.4 Å². The van der Waals surface area contributed by atoms with Crippen LogP contribution in [0.2, 0.25) is 0 Å². The molecule has 0 aliphatic heterocycles. The summed E-state index contributed by atoms with van der Waals surface area (Å²) in [7, 11) is 0. The zero-order valence-electron chi connectivity index (χ0n) is 17.0. The number of carboxylic acids is 2. The van der Waals surface area contributed by atoms with Crippen LogP contribution in [0, 0.1) is 5.41 Å². The van der Waals surface area contributed by atoms with Gasteiger partial charge in [-0.15, -0.1) is 0 Å². The molecule has 0 spiro atoms. The molecule has 4 nitrogen and oxygen atoms in total. The molecular formula is C19H34Na2O4. The Kier molecular flexibility index (Phi) is 24.2. The van der Waals surface area contributed by atoms with E-state index in [9.17, 15) is 19.8 Å². The Bertz CT molecular complexity index is 321. The largest absolute Gasteiger partial charge is 1.00 e. The number of carbonyl (C=O) groups is 2. The van der Waals surface area contributed by atoms with Crippen molar-refractivity contribution in [1.29, 1.82) is 0 Å². The minimum absolute atomic E-state index is 0. The van der Waals surface area contributed by atoms with Crippen LogP contribution < -0.4 is 69.3 Å². The number of aliphatic carboxylic acids is 2. The van der Waals surface area contributed by atoms with Crippen LogP contribution in [0.4, 0.5) is 0 Å². The van der Waals surface area contributed by atoms with Crippen LogP contribution in [0.3, 0.4) is 0 Å². The second-order valence-corrected chi connectivity index (χ2v) is 6.69. The van der Waals surface area contributed by atoms with Crippen molar-refractivity contribution in [1.82, 2.24) is 0 Å². The smallest absolute Gasteiger partial charge is 0.549 e. The van der Waals surface area contributed by atoms with E-state index in [0.717, 1.165) is 25.7 Å². The fourth-order valence-electron chi connectivity index (χ4n) is 3.01. The third-order valence-electron chi connectivity index (χ3n) is 4.70. The molecule has 0 rings (SSSR count). The summed E-state index contributed by atoms with van der Waals surface area (Å²) in [6.07, 6.45) is 12.9. The van der Waals surface area contributed by atoms with Gasteiger partial charge in [0.25, 0.3) is 0 Å². The molecule has 0 aromatic carbocycles. The SMILES string of the molecule is CCCCCCCCCCCCC(CCCC)(C(=O)[O-])C(=O)[O-].[Na+].[Na+]. The Hall–Kier alpha value is 0.940. The first-order valence-electron chi connectivity index (χ1n) is 9.44. The van der Waals surface area contributed by atoms with Gasteiger partial charge in [-0.05, 0) is 12.8 Å². The van der Waals surface area contributed by atoms with Crippen molar-refractivity contribution in [2.24, 2.45) is 5.41 Å². The molecule has 6 heteroatoms. The molecule has 0 aromatic heterocycles. The Morgan fingerprint density at radius 1 is 0.600 bits per heavy atom. The van der Waals surface area contributed by atoms with Crippen molar-refractivity contribution in [2.45, 2.75) is 104 Å². The predicted octanol–water partition coefficient (Wildman–Crippen LogP) is -3.02. The van der Waals surface area contributed by atoms with Crippen LogP contribution in [0.1, 0.15) is 104 Å². The van der Waals surface area contributed by atoms with Gasteiger partial charge in [-0.2, -0.15) is 0 Å². The third-order valence-corrected chi connectivity index (χ3v) is 4.70. The van der Waals surface area contributed by atoms with E-state index in [4.69, 9.17) is 0 Å². The monoisotopic (exact) mass is 372 g/mol. The van der Waals surface area contributed by atoms with Crippen LogP contribution in [0.15, 0.2) is 0 Å². The van der Waals surface area contributed by atoms with Crippen molar-refractivity contribution in [3.63, 3.8) is 0 Å². The first-order chi connectivity index (χ1) is 11.0. The van der Waals surface area contributed by atoms with Gasteiger partial charge in [-0.25, -0.2) is 0 Å². The molecule has 0 aromatic rings. The molecule has 0 saturated carbocycles. The summed E-state index contributed by atoms with van der Waals surface area (Å²) in [6.45, 7) is 4.12. The van der Waals surface area contributed by atoms with E-state index in [1.807, 2.05) is 6.92 Å². The van der Waals surface area contributed by atoms with Gasteiger partial charge < -0.3 is 19.8 Å². The van der Waals surface area contributed by atoms with Gasteiger partial charge >= 0.3 is 59.1 Å². The van der Waals surface area contributed by atoms with Crippen LogP contribution in [0.5, 0.6) is 0 Å². The van der Waals surface area contributed by atoms with Crippen LogP contribution in [0.25, 0.3) is 0 Å². The van der Waals surface area contributed by atoms with Crippen LogP contribution >= 0.6 is 0 Å². The minimum Gasteiger partial charge on any atom is -0.549 e. The quantitative estimate of drug-likeness (QED) is 0.164. The van der Waals surface area contributed by atoms with Gasteiger partial charge in [-0.3, -0.25) is 0 Å². The maximum absolute atomic E-state index is 11.3. The normalized spacial score (nSPS) is 10.6. The second-order valence-electron chi connectivity index (χ2n) is 6.69. The number of hydrogen-bond donors (Lipinski definition) is 0. The molecule has 0 N–H and O–H groups in total. The molecule has 25 heavy (non-hydrogen) atoms. The standard InChI is InChI=1S/C19H36O4.2Na/c1-3-5-7-8-9-10-11-12-13-14-16-19(17(20)21,18(22)23)15-6-4-2;;/h3-16H2,1-2H3,(H,20,21)(H,22,23);;/q;2*+1/p-2. The van der Waals surface area contributed by atoms with Gasteiger partial charge in [0.15, 0.2) is 0 Å². The number of rotatable bonds is 16. The number of carbonyl (C=O) groups excluding carboxylic acids is 2. The maximum Gasteiger partial charge on any atom is 1.00 e. The molecule has 0 unspecified atom stereocenters. The Balaban J connectivity index is -0.00000242. The maximum atomic E-state index is 11.3. The summed E-state index contributed by atoms with van der Waals surface area (Å²) in [5.41, 5.74) is -1.80. The first-order valence-corrected chi connectivity index (χ1v) is 9.44.